The third-order valence-electron chi connectivity index (χ3n) is 6.34. The third kappa shape index (κ3) is 4.36. The Hall–Kier alpha value is -2.53. The first-order valence-corrected chi connectivity index (χ1v) is 13.0. The molecule has 0 saturated carbocycles. The smallest absolute Gasteiger partial charge is 0.261 e. The lowest BCUT2D eigenvalue weighted by Crippen LogP contribution is -2.67. The molecule has 1 radical (unpaired) electrons. The predicted molar refractivity (Wildman–Crippen MR) is 134 cm³/mol. The van der Waals surface area contributed by atoms with Crippen LogP contribution >= 0.6 is 0 Å². The van der Waals surface area contributed by atoms with Crippen molar-refractivity contribution >= 4 is 24.3 Å². The van der Waals surface area contributed by atoms with Crippen LogP contribution in [0, 0.1) is 12.9 Å². The van der Waals surface area contributed by atoms with Crippen molar-refractivity contribution in [3.8, 4) is 0 Å². The summed E-state index contributed by atoms with van der Waals surface area (Å²) in [4.78, 5) is 2.07. The van der Waals surface area contributed by atoms with Gasteiger partial charge in [-0.2, -0.15) is 0 Å². The van der Waals surface area contributed by atoms with Gasteiger partial charge in [-0.05, 0) is 38.7 Å². The van der Waals surface area contributed by atoms with Crippen molar-refractivity contribution in [1.82, 2.24) is 4.90 Å². The van der Waals surface area contributed by atoms with Crippen LogP contribution < -0.4 is 10.4 Å². The summed E-state index contributed by atoms with van der Waals surface area (Å²) in [5, 5.41) is 2.48. The van der Waals surface area contributed by atoms with Crippen molar-refractivity contribution in [1.29, 1.82) is 0 Å². The van der Waals surface area contributed by atoms with Crippen molar-refractivity contribution in [3.63, 3.8) is 0 Å². The topological polar surface area (TPSA) is 12.5 Å². The van der Waals surface area contributed by atoms with Gasteiger partial charge in [-0.3, -0.25) is 4.90 Å². The molecule has 0 saturated heterocycles. The molecule has 4 rings (SSSR count). The van der Waals surface area contributed by atoms with Crippen LogP contribution in [0.15, 0.2) is 91.0 Å². The van der Waals surface area contributed by atoms with E-state index in [9.17, 15) is 4.39 Å². The summed E-state index contributed by atoms with van der Waals surface area (Å²) >= 11 is 0. The average Bonchev–Trinajstić information content (AvgIpc) is 3.16. The van der Waals surface area contributed by atoms with Gasteiger partial charge in [0.1, 0.15) is 5.82 Å². The summed E-state index contributed by atoms with van der Waals surface area (Å²) in [6.45, 7) is 8.14. The maximum absolute atomic E-state index is 13.4. The van der Waals surface area contributed by atoms with Crippen molar-refractivity contribution in [2.75, 3.05) is 13.2 Å². The highest BCUT2D eigenvalue weighted by Crippen LogP contribution is 2.37. The predicted octanol–water partition coefficient (Wildman–Crippen LogP) is 5.26. The molecule has 3 aromatic rings. The van der Waals surface area contributed by atoms with Crippen molar-refractivity contribution in [3.05, 3.63) is 109 Å². The van der Waals surface area contributed by atoms with Gasteiger partial charge >= 0.3 is 0 Å². The van der Waals surface area contributed by atoms with E-state index in [4.69, 9.17) is 4.43 Å². The first kappa shape index (κ1) is 22.7. The summed E-state index contributed by atoms with van der Waals surface area (Å²) in [6, 6.07) is 28.1. The zero-order chi connectivity index (χ0) is 22.8. The fourth-order valence-electron chi connectivity index (χ4n) is 4.70. The molecule has 0 amide bonds. The molecule has 1 atom stereocenters. The average molecular weight is 445 g/mol. The zero-order valence-corrected chi connectivity index (χ0v) is 20.1. The molecule has 0 bridgehead atoms. The molecule has 2 nitrogen and oxygen atoms in total. The minimum Gasteiger partial charge on any atom is -0.405 e. The van der Waals surface area contributed by atoms with Gasteiger partial charge in [0.2, 0.25) is 0 Å². The van der Waals surface area contributed by atoms with E-state index in [-0.39, 0.29) is 16.9 Å². The second-order valence-electron chi connectivity index (χ2n) is 9.49. The van der Waals surface area contributed by atoms with Crippen LogP contribution in [0.3, 0.4) is 0 Å². The first-order valence-electron chi connectivity index (χ1n) is 11.1. The molecule has 0 spiro atoms. The maximum Gasteiger partial charge on any atom is 0.261 e. The Kier molecular flexibility index (Phi) is 6.47. The zero-order valence-electron chi connectivity index (χ0n) is 19.1. The van der Waals surface area contributed by atoms with Gasteiger partial charge in [0.15, 0.2) is 0 Å². The van der Waals surface area contributed by atoms with Crippen molar-refractivity contribution in [2.45, 2.75) is 31.9 Å². The molecule has 4 heteroatoms. The summed E-state index contributed by atoms with van der Waals surface area (Å²) < 4.78 is 20.4. The second-order valence-corrected chi connectivity index (χ2v) is 13.8. The fourth-order valence-corrected chi connectivity index (χ4v) is 9.28. The van der Waals surface area contributed by atoms with E-state index in [1.165, 1.54) is 22.5 Å². The second kappa shape index (κ2) is 9.14. The summed E-state index contributed by atoms with van der Waals surface area (Å²) in [6.07, 6.45) is 2.22. The molecule has 0 fully saturated rings. The Bertz CT molecular complexity index is 1020. The molecule has 0 unspecified atom stereocenters. The van der Waals surface area contributed by atoms with Crippen LogP contribution in [-0.4, -0.2) is 32.4 Å². The Morgan fingerprint density at radius 2 is 1.44 bits per heavy atom. The summed E-state index contributed by atoms with van der Waals surface area (Å²) in [5.74, 6) is -0.217. The Labute approximate surface area is 192 Å². The van der Waals surface area contributed by atoms with Gasteiger partial charge in [-0.15, -0.1) is 0 Å². The van der Waals surface area contributed by atoms with Crippen LogP contribution in [0.4, 0.5) is 4.39 Å². The van der Waals surface area contributed by atoms with Crippen molar-refractivity contribution in [2.24, 2.45) is 0 Å². The SMILES string of the molecule is [CH2]N1CC(c2ccc(F)cc2)=C[C@H]1CO[Si](c1ccccc1)(c1ccccc1)C(C)(C)C. The Morgan fingerprint density at radius 3 is 1.94 bits per heavy atom. The third-order valence-corrected chi connectivity index (χ3v) is 11.3. The largest absolute Gasteiger partial charge is 0.405 e. The van der Waals surface area contributed by atoms with Gasteiger partial charge < -0.3 is 4.43 Å². The fraction of sp³-hybridized carbons (Fsp3) is 0.250. The number of hydrogen-bond acceptors (Lipinski definition) is 2. The number of halogens is 1. The standard InChI is InChI=1S/C28H31FNOSi/c1-28(2,3)32(26-11-7-5-8-12-26,27-13-9-6-10-14-27)31-21-25-19-23(20-30(25)4)22-15-17-24(29)18-16-22/h5-19,25H,4,20-21H2,1-3H3/t25-/m0/s1. The van der Waals surface area contributed by atoms with Gasteiger partial charge in [0, 0.05) is 13.6 Å². The van der Waals surface area contributed by atoms with Crippen molar-refractivity contribution < 1.29 is 8.82 Å². The van der Waals surface area contributed by atoms with Crippen LogP contribution in [0.5, 0.6) is 0 Å². The number of rotatable bonds is 6. The summed E-state index contributed by atoms with van der Waals surface area (Å²) in [5.41, 5.74) is 2.20. The van der Waals surface area contributed by atoms with E-state index in [0.717, 1.165) is 17.7 Å². The minimum absolute atomic E-state index is 0.0657. The highest BCUT2D eigenvalue weighted by atomic mass is 28.4. The number of hydrogen-bond donors (Lipinski definition) is 0. The Balaban J connectivity index is 1.69. The van der Waals surface area contributed by atoms with Crippen LogP contribution in [0.2, 0.25) is 5.04 Å². The molecule has 0 aliphatic carbocycles. The van der Waals surface area contributed by atoms with Crippen LogP contribution in [0.1, 0.15) is 26.3 Å². The lowest BCUT2D eigenvalue weighted by atomic mass is 10.1. The lowest BCUT2D eigenvalue weighted by Gasteiger charge is -2.43. The van der Waals surface area contributed by atoms with Gasteiger partial charge in [0.05, 0.1) is 12.6 Å². The highest BCUT2D eigenvalue weighted by Gasteiger charge is 2.50. The molecule has 1 heterocycles. The van der Waals surface area contributed by atoms with Crippen LogP contribution in [-0.2, 0) is 4.43 Å². The first-order chi connectivity index (χ1) is 15.3. The van der Waals surface area contributed by atoms with E-state index in [0.29, 0.717) is 6.61 Å². The highest BCUT2D eigenvalue weighted by molar-refractivity contribution is 6.99. The molecule has 1 aliphatic heterocycles. The lowest BCUT2D eigenvalue weighted by molar-refractivity contribution is 0.219. The molecule has 32 heavy (non-hydrogen) atoms. The molecule has 1 aliphatic rings. The molecule has 165 valence electrons. The molecular weight excluding hydrogens is 413 g/mol. The normalized spacial score (nSPS) is 17.4. The summed E-state index contributed by atoms with van der Waals surface area (Å²) in [7, 11) is 1.67. The molecular formula is C28H31FNOSi. The quantitative estimate of drug-likeness (QED) is 0.481. The van der Waals surface area contributed by atoms with Crippen LogP contribution in [0.25, 0.3) is 5.57 Å². The molecule has 0 N–H and O–H groups in total. The maximum atomic E-state index is 13.4. The Morgan fingerprint density at radius 1 is 0.906 bits per heavy atom. The molecule has 3 aromatic carbocycles. The number of nitrogens with zero attached hydrogens (tertiary/aromatic N) is 1. The van der Waals surface area contributed by atoms with Gasteiger partial charge in [0.25, 0.3) is 8.32 Å². The van der Waals surface area contributed by atoms with Gasteiger partial charge in [-0.25, -0.2) is 4.39 Å². The van der Waals surface area contributed by atoms with E-state index < -0.39 is 8.32 Å². The number of benzene rings is 3. The monoisotopic (exact) mass is 444 g/mol. The van der Waals surface area contributed by atoms with E-state index in [1.807, 2.05) is 12.1 Å². The van der Waals surface area contributed by atoms with E-state index >= 15 is 0 Å². The molecule has 0 aromatic heterocycles. The van der Waals surface area contributed by atoms with Gasteiger partial charge in [-0.1, -0.05) is 99.6 Å². The van der Waals surface area contributed by atoms with E-state index in [1.54, 1.807) is 0 Å². The minimum atomic E-state index is -2.59. The van der Waals surface area contributed by atoms with E-state index in [2.05, 4.69) is 99.5 Å².